The van der Waals surface area contributed by atoms with Crippen LogP contribution in [0.5, 0.6) is 0 Å². The van der Waals surface area contributed by atoms with Gasteiger partial charge in [-0.15, -0.1) is 5.10 Å². The molecule has 0 aliphatic rings. The molecule has 1 atom stereocenters. The Kier molecular flexibility index (Phi) is 4.98. The third kappa shape index (κ3) is 3.97. The van der Waals surface area contributed by atoms with Crippen LogP contribution in [0.25, 0.3) is 10.9 Å². The molecule has 1 amide bonds. The fourth-order valence-electron chi connectivity index (χ4n) is 2.43. The van der Waals surface area contributed by atoms with Gasteiger partial charge in [0, 0.05) is 30.6 Å². The van der Waals surface area contributed by atoms with Crippen molar-refractivity contribution < 1.29 is 14.7 Å². The minimum atomic E-state index is -1.08. The average Bonchev–Trinajstić information content (AvgIpc) is 3.19. The summed E-state index contributed by atoms with van der Waals surface area (Å²) in [5, 5.41) is 24.3. The summed E-state index contributed by atoms with van der Waals surface area (Å²) in [4.78, 5) is 26.7. The van der Waals surface area contributed by atoms with Crippen molar-refractivity contribution in [2.45, 2.75) is 17.6 Å². The van der Waals surface area contributed by atoms with Crippen LogP contribution in [0.2, 0.25) is 0 Å². The van der Waals surface area contributed by atoms with E-state index in [0.717, 1.165) is 28.2 Å². The van der Waals surface area contributed by atoms with E-state index in [4.69, 9.17) is 0 Å². The second kappa shape index (κ2) is 7.34. The summed E-state index contributed by atoms with van der Waals surface area (Å²) in [5.41, 5.74) is 1.77. The molecule has 0 spiro atoms. The molecule has 0 aliphatic heterocycles. The van der Waals surface area contributed by atoms with E-state index in [9.17, 15) is 14.7 Å². The van der Waals surface area contributed by atoms with Crippen LogP contribution in [0.4, 0.5) is 0 Å². The summed E-state index contributed by atoms with van der Waals surface area (Å²) >= 11 is 1.14. The summed E-state index contributed by atoms with van der Waals surface area (Å²) in [6, 6.07) is 6.61. The quantitative estimate of drug-likeness (QED) is 0.527. The maximum absolute atomic E-state index is 12.1. The third-order valence-corrected chi connectivity index (χ3v) is 4.66. The van der Waals surface area contributed by atoms with Crippen molar-refractivity contribution in [2.24, 2.45) is 7.05 Å². The van der Waals surface area contributed by atoms with E-state index in [1.54, 1.807) is 13.2 Å². The number of tetrazole rings is 1. The smallest absolute Gasteiger partial charge is 0.326 e. The van der Waals surface area contributed by atoms with Gasteiger partial charge in [0.25, 0.3) is 0 Å². The maximum atomic E-state index is 12.1. The van der Waals surface area contributed by atoms with Crippen molar-refractivity contribution >= 4 is 34.5 Å². The summed E-state index contributed by atoms with van der Waals surface area (Å²) in [7, 11) is 1.66. The molecule has 25 heavy (non-hydrogen) atoms. The van der Waals surface area contributed by atoms with Crippen molar-refractivity contribution in [1.82, 2.24) is 30.5 Å². The van der Waals surface area contributed by atoms with E-state index < -0.39 is 12.0 Å². The number of nitrogens with one attached hydrogen (secondary N) is 2. The lowest BCUT2D eigenvalue weighted by molar-refractivity contribution is -0.141. The Bertz CT molecular complexity index is 905. The van der Waals surface area contributed by atoms with Crippen LogP contribution in [0.15, 0.2) is 35.6 Å². The summed E-state index contributed by atoms with van der Waals surface area (Å²) in [6.45, 7) is 0. The van der Waals surface area contributed by atoms with Gasteiger partial charge in [-0.3, -0.25) is 4.79 Å². The summed E-state index contributed by atoms with van der Waals surface area (Å²) in [6.07, 6.45) is 1.97. The van der Waals surface area contributed by atoms with E-state index in [2.05, 4.69) is 25.8 Å². The molecule has 130 valence electrons. The predicted molar refractivity (Wildman–Crippen MR) is 91.1 cm³/mol. The number of hydrogen-bond acceptors (Lipinski definition) is 6. The lowest BCUT2D eigenvalue weighted by Gasteiger charge is -2.14. The first kappa shape index (κ1) is 17.0. The highest BCUT2D eigenvalue weighted by Gasteiger charge is 2.22. The van der Waals surface area contributed by atoms with E-state index >= 15 is 0 Å². The van der Waals surface area contributed by atoms with E-state index in [-0.39, 0.29) is 18.1 Å². The number of carboxylic acid groups (broad SMARTS) is 1. The van der Waals surface area contributed by atoms with Gasteiger partial charge >= 0.3 is 5.97 Å². The van der Waals surface area contributed by atoms with Gasteiger partial charge < -0.3 is 15.4 Å². The Balaban J connectivity index is 1.64. The van der Waals surface area contributed by atoms with Crippen LogP contribution < -0.4 is 5.32 Å². The molecular weight excluding hydrogens is 344 g/mol. The number of benzene rings is 1. The van der Waals surface area contributed by atoms with Crippen LogP contribution >= 0.6 is 11.8 Å². The zero-order valence-corrected chi connectivity index (χ0v) is 14.2. The molecule has 2 heterocycles. The molecule has 0 bridgehead atoms. The molecule has 0 fully saturated rings. The summed E-state index contributed by atoms with van der Waals surface area (Å²) < 4.78 is 1.44. The topological polar surface area (TPSA) is 126 Å². The molecule has 10 heteroatoms. The number of aliphatic carboxylic acids is 1. The SMILES string of the molecule is Cn1nnnc1SCC(=O)N[C@H](Cc1c[nH]c2ccccc12)C(=O)O. The van der Waals surface area contributed by atoms with Crippen molar-refractivity contribution in [3.05, 3.63) is 36.0 Å². The van der Waals surface area contributed by atoms with Gasteiger partial charge in [0.1, 0.15) is 6.04 Å². The van der Waals surface area contributed by atoms with Gasteiger partial charge in [-0.1, -0.05) is 30.0 Å². The predicted octanol–water partition coefficient (Wildman–Crippen LogP) is 0.596. The molecule has 0 saturated carbocycles. The number of aromatic nitrogens is 5. The largest absolute Gasteiger partial charge is 0.480 e. The zero-order chi connectivity index (χ0) is 17.8. The zero-order valence-electron chi connectivity index (χ0n) is 13.3. The molecule has 0 aliphatic carbocycles. The monoisotopic (exact) mass is 360 g/mol. The van der Waals surface area contributed by atoms with Gasteiger partial charge in [0.15, 0.2) is 0 Å². The van der Waals surface area contributed by atoms with Crippen LogP contribution in [0, 0.1) is 0 Å². The number of carbonyl (C=O) groups is 2. The van der Waals surface area contributed by atoms with Crippen LogP contribution in [-0.4, -0.2) is 54.0 Å². The van der Waals surface area contributed by atoms with Crippen LogP contribution in [0.3, 0.4) is 0 Å². The Morgan fingerprint density at radius 3 is 2.92 bits per heavy atom. The molecule has 0 radical (unpaired) electrons. The van der Waals surface area contributed by atoms with E-state index in [0.29, 0.717) is 5.16 Å². The number of H-pyrrole nitrogens is 1. The fraction of sp³-hybridized carbons (Fsp3) is 0.267. The lowest BCUT2D eigenvalue weighted by atomic mass is 10.1. The highest BCUT2D eigenvalue weighted by Crippen LogP contribution is 2.19. The first-order valence-corrected chi connectivity index (χ1v) is 8.45. The molecule has 0 unspecified atom stereocenters. The highest BCUT2D eigenvalue weighted by molar-refractivity contribution is 7.99. The minimum Gasteiger partial charge on any atom is -0.480 e. The number of aryl methyl sites for hydroxylation is 1. The van der Waals surface area contributed by atoms with E-state index in [1.807, 2.05) is 24.3 Å². The molecule has 3 aromatic rings. The second-order valence-corrected chi connectivity index (χ2v) is 6.34. The number of nitrogens with zero attached hydrogens (tertiary/aromatic N) is 4. The van der Waals surface area contributed by atoms with Gasteiger partial charge in [-0.25, -0.2) is 9.48 Å². The first-order chi connectivity index (χ1) is 12.0. The lowest BCUT2D eigenvalue weighted by Crippen LogP contribution is -2.43. The molecule has 2 aromatic heterocycles. The number of fused-ring (bicyclic) bond motifs is 1. The number of aromatic amines is 1. The Hall–Kier alpha value is -2.88. The molecule has 1 aromatic carbocycles. The Labute approximate surface area is 146 Å². The number of carbonyl (C=O) groups excluding carboxylic acids is 1. The van der Waals surface area contributed by atoms with Crippen LogP contribution in [-0.2, 0) is 23.1 Å². The second-order valence-electron chi connectivity index (χ2n) is 5.40. The van der Waals surface area contributed by atoms with Gasteiger partial charge in [-0.05, 0) is 22.1 Å². The number of carboxylic acids is 1. The highest BCUT2D eigenvalue weighted by atomic mass is 32.2. The van der Waals surface area contributed by atoms with E-state index in [1.165, 1.54) is 4.68 Å². The fourth-order valence-corrected chi connectivity index (χ4v) is 3.09. The Morgan fingerprint density at radius 1 is 1.40 bits per heavy atom. The molecule has 0 saturated heterocycles. The third-order valence-electron chi connectivity index (χ3n) is 3.65. The maximum Gasteiger partial charge on any atom is 0.326 e. The summed E-state index contributed by atoms with van der Waals surface area (Å²) in [5.74, 6) is -1.43. The minimum absolute atomic E-state index is 0.0336. The van der Waals surface area contributed by atoms with Crippen molar-refractivity contribution in [1.29, 1.82) is 0 Å². The van der Waals surface area contributed by atoms with Crippen molar-refractivity contribution in [3.63, 3.8) is 0 Å². The normalized spacial score (nSPS) is 12.2. The van der Waals surface area contributed by atoms with Gasteiger partial charge in [-0.2, -0.15) is 0 Å². The Morgan fingerprint density at radius 2 is 2.20 bits per heavy atom. The van der Waals surface area contributed by atoms with Gasteiger partial charge in [0.05, 0.1) is 5.75 Å². The number of amides is 1. The number of rotatable bonds is 7. The molecular formula is C15H16N6O3S. The number of hydrogen-bond donors (Lipinski definition) is 3. The first-order valence-electron chi connectivity index (χ1n) is 7.47. The standard InChI is InChI=1S/C15H16N6O3S/c1-21-15(18-19-20-21)25-8-13(22)17-12(14(23)24)6-9-7-16-11-5-3-2-4-10(9)11/h2-5,7,12,16H,6,8H2,1H3,(H,17,22)(H,23,24)/t12-/m1/s1. The molecule has 3 rings (SSSR count). The average molecular weight is 360 g/mol. The number of para-hydroxylation sites is 1. The van der Waals surface area contributed by atoms with Crippen molar-refractivity contribution in [3.8, 4) is 0 Å². The van der Waals surface area contributed by atoms with Crippen molar-refractivity contribution in [2.75, 3.05) is 5.75 Å². The molecule has 9 nitrogen and oxygen atoms in total. The van der Waals surface area contributed by atoms with Crippen LogP contribution in [0.1, 0.15) is 5.56 Å². The number of thioether (sulfide) groups is 1. The molecule has 3 N–H and O–H groups in total. The van der Waals surface area contributed by atoms with Gasteiger partial charge in [0.2, 0.25) is 11.1 Å².